The molecule has 8 heteroatoms. The molecular weight excluding hydrogens is 368 g/mol. The molecule has 1 aromatic rings. The average Bonchev–Trinajstić information content (AvgIpc) is 2.49. The number of benzene rings is 1. The van der Waals surface area contributed by atoms with Crippen LogP contribution in [0.15, 0.2) is 40.4 Å². The molecule has 0 aliphatic rings. The highest BCUT2D eigenvalue weighted by Gasteiger charge is 2.08. The summed E-state index contributed by atoms with van der Waals surface area (Å²) in [6, 6.07) is 6.93. The second kappa shape index (κ2) is 9.62. The first-order valence-electron chi connectivity index (χ1n) is 6.64. The molecule has 1 aromatic carbocycles. The highest BCUT2D eigenvalue weighted by atomic mass is 79.9. The van der Waals surface area contributed by atoms with Gasteiger partial charge in [-0.25, -0.2) is 4.79 Å². The Bertz CT molecular complexity index is 594. The molecule has 0 saturated heterocycles. The molecule has 0 radical (unpaired) electrons. The van der Waals surface area contributed by atoms with E-state index in [1.165, 1.54) is 6.08 Å². The van der Waals surface area contributed by atoms with Gasteiger partial charge in [0, 0.05) is 10.5 Å². The van der Waals surface area contributed by atoms with Gasteiger partial charge in [0.15, 0.2) is 13.2 Å². The normalized spacial score (nSPS) is 9.52. The summed E-state index contributed by atoms with van der Waals surface area (Å²) in [6.45, 7) is 2.70. The lowest BCUT2D eigenvalue weighted by atomic mass is 10.3. The number of rotatable bonds is 6. The second-order valence-electron chi connectivity index (χ2n) is 4.67. The van der Waals surface area contributed by atoms with Crippen molar-refractivity contribution in [2.24, 2.45) is 0 Å². The van der Waals surface area contributed by atoms with Crippen molar-refractivity contribution in [3.05, 3.63) is 40.4 Å². The van der Waals surface area contributed by atoms with Crippen molar-refractivity contribution in [3.8, 4) is 5.75 Å². The van der Waals surface area contributed by atoms with Crippen LogP contribution in [0, 0.1) is 0 Å². The highest BCUT2D eigenvalue weighted by Crippen LogP contribution is 2.15. The van der Waals surface area contributed by atoms with Crippen molar-refractivity contribution < 1.29 is 23.9 Å². The van der Waals surface area contributed by atoms with Gasteiger partial charge in [-0.05, 0) is 38.1 Å². The molecule has 0 unspecified atom stereocenters. The second-order valence-corrected chi connectivity index (χ2v) is 5.58. The zero-order valence-electron chi connectivity index (χ0n) is 12.7. The summed E-state index contributed by atoms with van der Waals surface area (Å²) in [5.74, 6) is -1.30. The van der Waals surface area contributed by atoms with Crippen molar-refractivity contribution in [2.45, 2.75) is 13.8 Å². The number of hydrogen-bond acceptors (Lipinski definition) is 5. The van der Waals surface area contributed by atoms with E-state index >= 15 is 0 Å². The van der Waals surface area contributed by atoms with E-state index in [0.29, 0.717) is 5.75 Å². The predicted molar refractivity (Wildman–Crippen MR) is 86.3 cm³/mol. The molecule has 0 heterocycles. The van der Waals surface area contributed by atoms with E-state index in [2.05, 4.69) is 31.5 Å². The standard InChI is InChI=1S/C15H17BrN2O5/c1-10(2)7-15(21)23-9-14(20)18-17-13(19)8-22-12-5-3-11(16)4-6-12/h3-7H,8-9H2,1-2H3,(H,17,19)(H,18,20). The summed E-state index contributed by atoms with van der Waals surface area (Å²) in [5, 5.41) is 0. The van der Waals surface area contributed by atoms with Crippen LogP contribution in [-0.2, 0) is 19.1 Å². The predicted octanol–water partition coefficient (Wildman–Crippen LogP) is 1.48. The molecule has 0 aromatic heterocycles. The van der Waals surface area contributed by atoms with E-state index in [1.54, 1.807) is 38.1 Å². The highest BCUT2D eigenvalue weighted by molar-refractivity contribution is 9.10. The SMILES string of the molecule is CC(C)=CC(=O)OCC(=O)NNC(=O)COc1ccc(Br)cc1. The lowest BCUT2D eigenvalue weighted by molar-refractivity contribution is -0.144. The Morgan fingerprint density at radius 1 is 1.04 bits per heavy atom. The van der Waals surface area contributed by atoms with Gasteiger partial charge in [-0.3, -0.25) is 20.4 Å². The lowest BCUT2D eigenvalue weighted by Crippen LogP contribution is -2.45. The first kappa shape index (κ1) is 18.7. The minimum absolute atomic E-state index is 0.264. The Kier molecular flexibility index (Phi) is 7.82. The topological polar surface area (TPSA) is 93.7 Å². The summed E-state index contributed by atoms with van der Waals surface area (Å²) in [4.78, 5) is 34.1. The number of hydrazine groups is 1. The van der Waals surface area contributed by atoms with Crippen LogP contribution in [0.4, 0.5) is 0 Å². The monoisotopic (exact) mass is 384 g/mol. The average molecular weight is 385 g/mol. The third kappa shape index (κ3) is 8.62. The van der Waals surface area contributed by atoms with Gasteiger partial charge in [-0.15, -0.1) is 0 Å². The molecule has 124 valence electrons. The van der Waals surface area contributed by atoms with E-state index in [-0.39, 0.29) is 6.61 Å². The molecule has 0 saturated carbocycles. The fourth-order valence-electron chi connectivity index (χ4n) is 1.31. The summed E-state index contributed by atoms with van der Waals surface area (Å²) >= 11 is 3.28. The lowest BCUT2D eigenvalue weighted by Gasteiger charge is -2.09. The van der Waals surface area contributed by atoms with Crippen LogP contribution in [0.3, 0.4) is 0 Å². The number of amides is 2. The van der Waals surface area contributed by atoms with Crippen LogP contribution < -0.4 is 15.6 Å². The number of hydrogen-bond donors (Lipinski definition) is 2. The summed E-state index contributed by atoms with van der Waals surface area (Å²) < 4.78 is 10.8. The van der Waals surface area contributed by atoms with E-state index in [4.69, 9.17) is 4.74 Å². The van der Waals surface area contributed by atoms with Crippen molar-refractivity contribution >= 4 is 33.7 Å². The number of nitrogens with one attached hydrogen (secondary N) is 2. The van der Waals surface area contributed by atoms with Gasteiger partial charge in [0.2, 0.25) is 0 Å². The number of halogens is 1. The molecule has 0 aliphatic heterocycles. The van der Waals surface area contributed by atoms with Gasteiger partial charge in [0.1, 0.15) is 5.75 Å². The molecule has 0 fully saturated rings. The van der Waals surface area contributed by atoms with Crippen molar-refractivity contribution in [1.29, 1.82) is 0 Å². The minimum Gasteiger partial charge on any atom is -0.484 e. The Morgan fingerprint density at radius 3 is 2.17 bits per heavy atom. The van der Waals surface area contributed by atoms with Crippen LogP contribution >= 0.6 is 15.9 Å². The maximum atomic E-state index is 11.5. The van der Waals surface area contributed by atoms with E-state index in [9.17, 15) is 14.4 Å². The number of carbonyl (C=O) groups is 3. The largest absolute Gasteiger partial charge is 0.484 e. The van der Waals surface area contributed by atoms with Gasteiger partial charge in [-0.2, -0.15) is 0 Å². The Balaban J connectivity index is 2.22. The van der Waals surface area contributed by atoms with Crippen LogP contribution in [0.1, 0.15) is 13.8 Å². The summed E-state index contributed by atoms with van der Waals surface area (Å²) in [6.07, 6.45) is 1.26. The molecule has 7 nitrogen and oxygen atoms in total. The van der Waals surface area contributed by atoms with E-state index in [0.717, 1.165) is 10.0 Å². The molecule has 2 N–H and O–H groups in total. The fraction of sp³-hybridized carbons (Fsp3) is 0.267. The minimum atomic E-state index is -0.655. The number of allylic oxidation sites excluding steroid dienone is 1. The Hall–Kier alpha value is -2.35. The van der Waals surface area contributed by atoms with Gasteiger partial charge < -0.3 is 9.47 Å². The fourth-order valence-corrected chi connectivity index (χ4v) is 1.57. The zero-order valence-corrected chi connectivity index (χ0v) is 14.3. The van der Waals surface area contributed by atoms with Crippen LogP contribution in [0.5, 0.6) is 5.75 Å². The van der Waals surface area contributed by atoms with Crippen molar-refractivity contribution in [3.63, 3.8) is 0 Å². The summed E-state index contributed by atoms with van der Waals surface area (Å²) in [7, 11) is 0. The molecule has 0 aliphatic carbocycles. The third-order valence-corrected chi connectivity index (χ3v) is 2.81. The van der Waals surface area contributed by atoms with E-state index < -0.39 is 24.4 Å². The van der Waals surface area contributed by atoms with Gasteiger partial charge in [-0.1, -0.05) is 21.5 Å². The Morgan fingerprint density at radius 2 is 1.61 bits per heavy atom. The first-order chi connectivity index (χ1) is 10.9. The number of carbonyl (C=O) groups excluding carboxylic acids is 3. The van der Waals surface area contributed by atoms with Crippen LogP contribution in [0.2, 0.25) is 0 Å². The molecule has 0 atom stereocenters. The van der Waals surface area contributed by atoms with Crippen molar-refractivity contribution in [1.82, 2.24) is 10.9 Å². The molecule has 0 bridgehead atoms. The van der Waals surface area contributed by atoms with Crippen LogP contribution in [-0.4, -0.2) is 31.0 Å². The maximum absolute atomic E-state index is 11.5. The molecule has 1 rings (SSSR count). The zero-order chi connectivity index (χ0) is 17.2. The van der Waals surface area contributed by atoms with Gasteiger partial charge in [0.25, 0.3) is 11.8 Å². The number of ether oxygens (including phenoxy) is 2. The quantitative estimate of drug-likeness (QED) is 0.440. The smallest absolute Gasteiger partial charge is 0.331 e. The van der Waals surface area contributed by atoms with E-state index in [1.807, 2.05) is 0 Å². The van der Waals surface area contributed by atoms with Gasteiger partial charge >= 0.3 is 5.97 Å². The molecular formula is C15H17BrN2O5. The van der Waals surface area contributed by atoms with Crippen LogP contribution in [0.25, 0.3) is 0 Å². The molecule has 23 heavy (non-hydrogen) atoms. The van der Waals surface area contributed by atoms with Crippen molar-refractivity contribution in [2.75, 3.05) is 13.2 Å². The Labute approximate surface area is 142 Å². The molecule has 0 spiro atoms. The molecule has 2 amide bonds. The summed E-state index contributed by atoms with van der Waals surface area (Å²) in [5.41, 5.74) is 5.02. The number of esters is 1. The van der Waals surface area contributed by atoms with Gasteiger partial charge in [0.05, 0.1) is 0 Å². The maximum Gasteiger partial charge on any atom is 0.331 e. The first-order valence-corrected chi connectivity index (χ1v) is 7.44. The third-order valence-electron chi connectivity index (χ3n) is 2.28.